The first kappa shape index (κ1) is 34.0. The van der Waals surface area contributed by atoms with Crippen LogP contribution in [0.25, 0.3) is 0 Å². The molecule has 0 aromatic carbocycles. The first-order chi connectivity index (χ1) is 8.94. The molecule has 0 amide bonds. The standard InChI is InChI=1S/C2HF5.3BF4.Li.H/c3-1(4)2(5,6)7;3*2-1(3,4)5;;/h1H;;;;;/q;3*-1;+1;-1. The second kappa shape index (κ2) is 13.0. The van der Waals surface area contributed by atoms with Crippen molar-refractivity contribution in [3.63, 3.8) is 0 Å². The van der Waals surface area contributed by atoms with Crippen molar-refractivity contribution in [3.05, 3.63) is 0 Å². The average molecular weight is 388 g/mol. The Hall–Kier alpha value is -0.398. The molecule has 0 aromatic heterocycles. The van der Waals surface area contributed by atoms with Crippen molar-refractivity contribution in [3.8, 4) is 0 Å². The van der Waals surface area contributed by atoms with E-state index in [1.807, 2.05) is 0 Å². The normalized spacial score (nSPS) is 11.7. The zero-order chi connectivity index (χ0) is 19.6. The van der Waals surface area contributed by atoms with E-state index in [0.717, 1.165) is 0 Å². The maximum absolute atomic E-state index is 10.4. The number of rotatable bonds is 0. The first-order valence-electron chi connectivity index (χ1n) is 3.91. The van der Waals surface area contributed by atoms with Crippen LogP contribution in [0.1, 0.15) is 1.43 Å². The molecule has 0 saturated heterocycles. The van der Waals surface area contributed by atoms with Gasteiger partial charge in [0.1, 0.15) is 0 Å². The molecule has 0 unspecified atom stereocenters. The van der Waals surface area contributed by atoms with Crippen LogP contribution in [0.2, 0.25) is 0 Å². The van der Waals surface area contributed by atoms with E-state index >= 15 is 0 Å². The topological polar surface area (TPSA) is 0 Å². The average Bonchev–Trinajstić information content (AvgIpc) is 1.89. The monoisotopic (exact) mass is 389 g/mol. The fourth-order valence-electron chi connectivity index (χ4n) is 0. The van der Waals surface area contributed by atoms with Gasteiger partial charge in [0.25, 0.3) is 0 Å². The summed E-state index contributed by atoms with van der Waals surface area (Å²) in [5.41, 5.74) is 0. The van der Waals surface area contributed by atoms with E-state index in [9.17, 15) is 73.7 Å². The molecule has 0 saturated carbocycles. The van der Waals surface area contributed by atoms with Crippen LogP contribution in [0.5, 0.6) is 0 Å². The Morgan fingerprint density at radius 2 is 0.565 bits per heavy atom. The summed E-state index contributed by atoms with van der Waals surface area (Å²) >= 11 is 0. The number of hydrogen-bond donors (Lipinski definition) is 0. The summed E-state index contributed by atoms with van der Waals surface area (Å²) in [6.07, 6.45) is -9.53. The molecule has 142 valence electrons. The van der Waals surface area contributed by atoms with Crippen molar-refractivity contribution < 1.29 is 94.0 Å². The minimum atomic E-state index is -6.00. The van der Waals surface area contributed by atoms with Crippen molar-refractivity contribution in [2.45, 2.75) is 12.6 Å². The molecule has 0 bridgehead atoms. The predicted molar refractivity (Wildman–Crippen MR) is 43.7 cm³/mol. The summed E-state index contributed by atoms with van der Waals surface area (Å²) < 4.78 is 169. The molecule has 0 aliphatic heterocycles. The Bertz CT molecular complexity index is 204. The molecule has 21 heteroatoms. The van der Waals surface area contributed by atoms with Gasteiger partial charge in [-0.2, -0.15) is 13.2 Å². The Balaban J connectivity index is -0.0000000443. The van der Waals surface area contributed by atoms with Crippen LogP contribution in [-0.4, -0.2) is 34.4 Å². The van der Waals surface area contributed by atoms with Gasteiger partial charge in [-0.1, -0.05) is 0 Å². The Kier molecular flexibility index (Phi) is 19.2. The zero-order valence-corrected chi connectivity index (χ0v) is 10.2. The van der Waals surface area contributed by atoms with Gasteiger partial charge in [-0.3, -0.25) is 0 Å². The molecule has 0 heterocycles. The van der Waals surface area contributed by atoms with Crippen molar-refractivity contribution in [2.24, 2.45) is 0 Å². The van der Waals surface area contributed by atoms with Crippen LogP contribution in [0.15, 0.2) is 0 Å². The molecule has 0 nitrogen and oxygen atoms in total. The molecule has 23 heavy (non-hydrogen) atoms. The van der Waals surface area contributed by atoms with Crippen LogP contribution < -0.4 is 18.9 Å². The molecule has 0 N–H and O–H groups in total. The SMILES string of the molecule is FC(F)C(F)(F)F.F[B-](F)(F)F.F[B-](F)(F)F.F[B-](F)(F)F.[H-].[Li+]. The van der Waals surface area contributed by atoms with E-state index in [0.29, 0.717) is 0 Å². The molecule has 0 aliphatic rings. The minimum absolute atomic E-state index is 0. The molecule has 0 spiro atoms. The van der Waals surface area contributed by atoms with Crippen LogP contribution >= 0.6 is 0 Å². The fourth-order valence-corrected chi connectivity index (χ4v) is 0. The smallest absolute Gasteiger partial charge is 1.00 e. The van der Waals surface area contributed by atoms with E-state index in [-0.39, 0.29) is 20.3 Å². The third-order valence-corrected chi connectivity index (χ3v) is 0.247. The molecule has 0 aromatic rings. The van der Waals surface area contributed by atoms with E-state index in [1.165, 1.54) is 0 Å². The molecule has 0 rings (SSSR count). The fraction of sp³-hybridized carbons (Fsp3) is 1.00. The van der Waals surface area contributed by atoms with E-state index in [1.54, 1.807) is 0 Å². The molecule has 0 aliphatic carbocycles. The molecule has 0 fully saturated rings. The largest absolute Gasteiger partial charge is 1.00 e. The van der Waals surface area contributed by atoms with Gasteiger partial charge in [-0.25, -0.2) is 8.78 Å². The zero-order valence-electron chi connectivity index (χ0n) is 11.2. The second-order valence-corrected chi connectivity index (χ2v) is 2.33. The van der Waals surface area contributed by atoms with Gasteiger partial charge in [0.15, 0.2) is 0 Å². The number of halogens is 17. The van der Waals surface area contributed by atoms with Gasteiger partial charge in [0.05, 0.1) is 0 Å². The maximum Gasteiger partial charge on any atom is 1.00 e. The van der Waals surface area contributed by atoms with Crippen LogP contribution in [0, 0.1) is 0 Å². The first-order valence-corrected chi connectivity index (χ1v) is 3.91. The van der Waals surface area contributed by atoms with Gasteiger partial charge in [-0.15, -0.1) is 0 Å². The molecule has 0 atom stereocenters. The van der Waals surface area contributed by atoms with Crippen molar-refractivity contribution in [1.82, 2.24) is 0 Å². The Morgan fingerprint density at radius 1 is 0.522 bits per heavy atom. The quantitative estimate of drug-likeness (QED) is 0.442. The van der Waals surface area contributed by atoms with Crippen LogP contribution in [0.3, 0.4) is 0 Å². The van der Waals surface area contributed by atoms with Crippen molar-refractivity contribution >= 4 is 21.8 Å². The third-order valence-electron chi connectivity index (χ3n) is 0.247. The predicted octanol–water partition coefficient (Wildman–Crippen LogP) is 2.83. The van der Waals surface area contributed by atoms with E-state index in [4.69, 9.17) is 0 Å². The summed E-state index contributed by atoms with van der Waals surface area (Å²) in [7, 11) is -18.0. The van der Waals surface area contributed by atoms with Crippen LogP contribution in [-0.2, 0) is 0 Å². The van der Waals surface area contributed by atoms with Gasteiger partial charge in [0.2, 0.25) is 0 Å². The van der Waals surface area contributed by atoms with Crippen molar-refractivity contribution in [1.29, 1.82) is 0 Å². The van der Waals surface area contributed by atoms with Gasteiger partial charge in [0, 0.05) is 0 Å². The van der Waals surface area contributed by atoms with Crippen molar-refractivity contribution in [2.75, 3.05) is 0 Å². The summed E-state index contributed by atoms with van der Waals surface area (Å²) in [6, 6.07) is 0. The third kappa shape index (κ3) is 264. The Morgan fingerprint density at radius 3 is 0.565 bits per heavy atom. The summed E-state index contributed by atoms with van der Waals surface area (Å²) in [5, 5.41) is 0. The minimum Gasteiger partial charge on any atom is -1.00 e. The van der Waals surface area contributed by atoms with Gasteiger partial charge < -0.3 is 53.2 Å². The summed E-state index contributed by atoms with van der Waals surface area (Å²) in [5.74, 6) is 0. The number of alkyl halides is 5. The number of hydrogen-bond acceptors (Lipinski definition) is 0. The maximum atomic E-state index is 10.4. The van der Waals surface area contributed by atoms with E-state index < -0.39 is 34.4 Å². The molecular weight excluding hydrogens is 386 g/mol. The van der Waals surface area contributed by atoms with Crippen LogP contribution in [0.4, 0.5) is 73.7 Å². The van der Waals surface area contributed by atoms with Gasteiger partial charge >= 0.3 is 53.2 Å². The van der Waals surface area contributed by atoms with E-state index in [2.05, 4.69) is 0 Å². The molecular formula is C2H2B3F17Li-3. The summed E-state index contributed by atoms with van der Waals surface area (Å²) in [4.78, 5) is 0. The van der Waals surface area contributed by atoms with Gasteiger partial charge in [-0.05, 0) is 0 Å². The Labute approximate surface area is 129 Å². The summed E-state index contributed by atoms with van der Waals surface area (Å²) in [6.45, 7) is 0. The molecule has 0 radical (unpaired) electrons. The second-order valence-electron chi connectivity index (χ2n) is 2.33.